The summed E-state index contributed by atoms with van der Waals surface area (Å²) in [4.78, 5) is 4.25. The van der Waals surface area contributed by atoms with Crippen molar-refractivity contribution in [2.75, 3.05) is 19.8 Å². The average molecular weight is 296 g/mol. The monoisotopic (exact) mass is 296 g/mol. The molecule has 0 amide bonds. The molecule has 0 saturated heterocycles. The van der Waals surface area contributed by atoms with Crippen LogP contribution >= 0.6 is 11.8 Å². The second kappa shape index (κ2) is 6.47. The summed E-state index contributed by atoms with van der Waals surface area (Å²) in [5.74, 6) is 2.90. The van der Waals surface area contributed by atoms with Gasteiger partial charge < -0.3 is 15.2 Å². The molecular weight excluding hydrogens is 272 g/mol. The van der Waals surface area contributed by atoms with Gasteiger partial charge in [-0.05, 0) is 26.5 Å². The van der Waals surface area contributed by atoms with Gasteiger partial charge in [0, 0.05) is 31.3 Å². The quantitative estimate of drug-likeness (QED) is 0.627. The third kappa shape index (κ3) is 3.65. The van der Waals surface area contributed by atoms with Crippen LogP contribution in [0.25, 0.3) is 0 Å². The highest BCUT2D eigenvalue weighted by Gasteiger charge is 2.18. The summed E-state index contributed by atoms with van der Waals surface area (Å²) in [6.45, 7) is 6.98. The van der Waals surface area contributed by atoms with Gasteiger partial charge in [-0.15, -0.1) is 10.2 Å². The van der Waals surface area contributed by atoms with E-state index in [0.29, 0.717) is 6.54 Å². The number of guanidine groups is 1. The molecule has 0 spiro atoms. The molecule has 0 radical (unpaired) electrons. The highest BCUT2D eigenvalue weighted by molar-refractivity contribution is 7.99. The summed E-state index contributed by atoms with van der Waals surface area (Å²) in [5, 5.41) is 15.1. The van der Waals surface area contributed by atoms with Gasteiger partial charge >= 0.3 is 0 Å². The van der Waals surface area contributed by atoms with Gasteiger partial charge in [-0.1, -0.05) is 0 Å². The molecule has 1 aliphatic rings. The number of hydrogen-bond donors (Lipinski definition) is 2. The van der Waals surface area contributed by atoms with Crippen LogP contribution in [-0.4, -0.2) is 45.3 Å². The molecule has 1 aromatic rings. The van der Waals surface area contributed by atoms with Crippen molar-refractivity contribution < 1.29 is 0 Å². The van der Waals surface area contributed by atoms with Crippen LogP contribution in [0, 0.1) is 0 Å². The van der Waals surface area contributed by atoms with Crippen molar-refractivity contribution in [1.82, 2.24) is 25.4 Å². The molecule has 112 valence electrons. The van der Waals surface area contributed by atoms with E-state index in [0.717, 1.165) is 37.1 Å². The van der Waals surface area contributed by atoms with E-state index in [1.807, 2.05) is 11.8 Å². The van der Waals surface area contributed by atoms with Crippen LogP contribution in [0.4, 0.5) is 0 Å². The van der Waals surface area contributed by atoms with Gasteiger partial charge in [0.1, 0.15) is 5.82 Å². The van der Waals surface area contributed by atoms with E-state index >= 15 is 0 Å². The number of aryl methyl sites for hydroxylation is 1. The Morgan fingerprint density at radius 3 is 2.90 bits per heavy atom. The zero-order valence-corrected chi connectivity index (χ0v) is 13.5. The number of nitrogens with one attached hydrogen (secondary N) is 2. The summed E-state index contributed by atoms with van der Waals surface area (Å²) in [6.07, 6.45) is 4.34. The van der Waals surface area contributed by atoms with E-state index in [4.69, 9.17) is 0 Å². The first-order valence-corrected chi connectivity index (χ1v) is 8.19. The number of nitrogens with zero attached hydrogens (tertiary/aromatic N) is 4. The first-order valence-electron chi connectivity index (χ1n) is 6.96. The van der Waals surface area contributed by atoms with Crippen LogP contribution in [0.2, 0.25) is 0 Å². The fourth-order valence-electron chi connectivity index (χ4n) is 2.09. The molecule has 20 heavy (non-hydrogen) atoms. The Balaban J connectivity index is 1.85. The third-order valence-electron chi connectivity index (χ3n) is 3.56. The molecule has 0 aliphatic carbocycles. The van der Waals surface area contributed by atoms with E-state index in [9.17, 15) is 0 Å². The second-order valence-electron chi connectivity index (χ2n) is 5.53. The molecule has 0 bridgehead atoms. The summed E-state index contributed by atoms with van der Waals surface area (Å²) >= 11 is 1.84. The third-order valence-corrected chi connectivity index (χ3v) is 4.81. The maximum atomic E-state index is 4.25. The second-order valence-corrected chi connectivity index (χ2v) is 7.04. The predicted octanol–water partition coefficient (Wildman–Crippen LogP) is 1.03. The molecule has 2 rings (SSSR count). The normalized spacial score (nSPS) is 15.3. The Morgan fingerprint density at radius 1 is 1.40 bits per heavy atom. The largest absolute Gasteiger partial charge is 0.355 e. The number of hydrogen-bond acceptors (Lipinski definition) is 4. The van der Waals surface area contributed by atoms with Crippen LogP contribution in [0.1, 0.15) is 31.9 Å². The van der Waals surface area contributed by atoms with E-state index in [2.05, 4.69) is 50.5 Å². The van der Waals surface area contributed by atoms with Crippen molar-refractivity contribution >= 4 is 17.7 Å². The van der Waals surface area contributed by atoms with Crippen LogP contribution in [-0.2, 0) is 19.5 Å². The number of aliphatic imine (C=N–C) groups is 1. The lowest BCUT2D eigenvalue weighted by Gasteiger charge is -2.23. The molecule has 1 aliphatic heterocycles. The van der Waals surface area contributed by atoms with Gasteiger partial charge in [0.25, 0.3) is 0 Å². The summed E-state index contributed by atoms with van der Waals surface area (Å²) in [6, 6.07) is 0. The van der Waals surface area contributed by atoms with Gasteiger partial charge in [-0.25, -0.2) is 0 Å². The topological polar surface area (TPSA) is 67.1 Å². The Kier molecular flexibility index (Phi) is 4.91. The van der Waals surface area contributed by atoms with Crippen LogP contribution < -0.4 is 10.6 Å². The summed E-state index contributed by atoms with van der Waals surface area (Å²) in [7, 11) is 1.79. The smallest absolute Gasteiger partial charge is 0.191 e. The zero-order chi connectivity index (χ0) is 14.6. The minimum absolute atomic E-state index is 0.188. The molecule has 6 nitrogen and oxygen atoms in total. The lowest BCUT2D eigenvalue weighted by Crippen LogP contribution is -2.43. The van der Waals surface area contributed by atoms with Crippen molar-refractivity contribution in [2.24, 2.45) is 4.99 Å². The van der Waals surface area contributed by atoms with E-state index < -0.39 is 0 Å². The van der Waals surface area contributed by atoms with Crippen LogP contribution in [0.15, 0.2) is 4.99 Å². The molecule has 1 aromatic heterocycles. The Morgan fingerprint density at radius 2 is 2.20 bits per heavy atom. The molecule has 0 aromatic carbocycles. The van der Waals surface area contributed by atoms with E-state index in [1.165, 1.54) is 6.42 Å². The van der Waals surface area contributed by atoms with Gasteiger partial charge in [0.05, 0.1) is 6.54 Å². The standard InChI is InChI=1S/C13H24N6S/c1-13(2,20-4)9-16-12(14-3)15-8-11-18-17-10-6-5-7-19(10)11/h5-9H2,1-4H3,(H2,14,15,16). The first kappa shape index (κ1) is 15.2. The molecule has 0 fully saturated rings. The highest BCUT2D eigenvalue weighted by atomic mass is 32.2. The molecule has 2 heterocycles. The fourth-order valence-corrected chi connectivity index (χ4v) is 2.31. The minimum Gasteiger partial charge on any atom is -0.355 e. The molecular formula is C13H24N6S. The molecule has 0 atom stereocenters. The van der Waals surface area contributed by atoms with Gasteiger partial charge in [0.2, 0.25) is 0 Å². The van der Waals surface area contributed by atoms with Crippen molar-refractivity contribution in [1.29, 1.82) is 0 Å². The van der Waals surface area contributed by atoms with Crippen LogP contribution in [0.3, 0.4) is 0 Å². The van der Waals surface area contributed by atoms with Crippen LogP contribution in [0.5, 0.6) is 0 Å². The van der Waals surface area contributed by atoms with Crippen molar-refractivity contribution in [3.63, 3.8) is 0 Å². The summed E-state index contributed by atoms with van der Waals surface area (Å²) < 4.78 is 2.39. The number of rotatable bonds is 5. The van der Waals surface area contributed by atoms with Gasteiger partial charge in [-0.2, -0.15) is 11.8 Å². The predicted molar refractivity (Wildman–Crippen MR) is 84.1 cm³/mol. The molecule has 0 unspecified atom stereocenters. The maximum Gasteiger partial charge on any atom is 0.191 e. The minimum atomic E-state index is 0.188. The van der Waals surface area contributed by atoms with E-state index in [-0.39, 0.29) is 4.75 Å². The maximum absolute atomic E-state index is 4.25. The Labute approximate surface area is 124 Å². The Hall–Kier alpha value is -1.24. The van der Waals surface area contributed by atoms with E-state index in [1.54, 1.807) is 7.05 Å². The number of thioether (sulfide) groups is 1. The van der Waals surface area contributed by atoms with Crippen molar-refractivity contribution in [3.8, 4) is 0 Å². The van der Waals surface area contributed by atoms with Gasteiger partial charge in [0.15, 0.2) is 11.8 Å². The first-order chi connectivity index (χ1) is 9.55. The molecule has 0 saturated carbocycles. The lowest BCUT2D eigenvalue weighted by atomic mass is 10.2. The van der Waals surface area contributed by atoms with Crippen molar-refractivity contribution in [3.05, 3.63) is 11.6 Å². The fraction of sp³-hybridized carbons (Fsp3) is 0.769. The highest BCUT2D eigenvalue weighted by Crippen LogP contribution is 2.19. The van der Waals surface area contributed by atoms with Crippen molar-refractivity contribution in [2.45, 2.75) is 44.5 Å². The summed E-state index contributed by atoms with van der Waals surface area (Å²) in [5.41, 5.74) is 0. The van der Waals surface area contributed by atoms with Gasteiger partial charge in [-0.3, -0.25) is 4.99 Å². The molecule has 2 N–H and O–H groups in total. The zero-order valence-electron chi connectivity index (χ0n) is 12.7. The average Bonchev–Trinajstić information content (AvgIpc) is 3.03. The lowest BCUT2D eigenvalue weighted by molar-refractivity contribution is 0.643. The molecule has 7 heteroatoms. The number of aromatic nitrogens is 3. The number of fused-ring (bicyclic) bond motifs is 1. The Bertz CT molecular complexity index is 479. The SMILES string of the molecule is CN=C(NCc1nnc2n1CCC2)NCC(C)(C)SC.